The molecule has 1 saturated heterocycles. The van der Waals surface area contributed by atoms with E-state index in [0.29, 0.717) is 17.4 Å². The zero-order valence-corrected chi connectivity index (χ0v) is 9.42. The zero-order chi connectivity index (χ0) is 9.35. The largest absolute Gasteiger partial charge is 0.274 e. The fourth-order valence-corrected chi connectivity index (χ4v) is 2.11. The number of rotatable bonds is 1. The number of piperidine rings is 1. The molecule has 0 N–H and O–H groups in total. The molecule has 0 unspecified atom stereocenters. The van der Waals surface area contributed by atoms with Crippen LogP contribution in [-0.2, 0) is 9.59 Å². The lowest BCUT2D eigenvalue weighted by atomic mass is 9.82. The van der Waals surface area contributed by atoms with Gasteiger partial charge in [-0.15, -0.1) is 0 Å². The third kappa shape index (κ3) is 1.97. The maximum atomic E-state index is 11.4. The monoisotopic (exact) mass is 281 g/mol. The number of imide groups is 1. The van der Waals surface area contributed by atoms with Crippen LogP contribution in [0.5, 0.6) is 0 Å². The number of alkyl halides is 1. The number of hydrogen-bond donors (Lipinski definition) is 0. The van der Waals surface area contributed by atoms with E-state index in [1.54, 1.807) is 0 Å². The zero-order valence-electron chi connectivity index (χ0n) is 7.26. The molecule has 3 nitrogen and oxygen atoms in total. The molecule has 0 radical (unpaired) electrons. The molecule has 0 aromatic heterocycles. The van der Waals surface area contributed by atoms with E-state index < -0.39 is 0 Å². The number of nitrogens with zero attached hydrogens (tertiary/aromatic N) is 1. The molecule has 4 heteroatoms. The van der Waals surface area contributed by atoms with Gasteiger partial charge in [-0.2, -0.15) is 0 Å². The Hall–Kier alpha value is -0.130. The molecule has 0 aromatic carbocycles. The van der Waals surface area contributed by atoms with Gasteiger partial charge in [-0.1, -0.05) is 36.4 Å². The van der Waals surface area contributed by atoms with E-state index in [0.717, 1.165) is 0 Å². The molecular formula is C8H12INO2. The Morgan fingerprint density at radius 1 is 1.33 bits per heavy atom. The van der Waals surface area contributed by atoms with Crippen molar-refractivity contribution < 1.29 is 9.59 Å². The fourth-order valence-electron chi connectivity index (χ4n) is 1.34. The van der Waals surface area contributed by atoms with Gasteiger partial charge in [-0.05, 0) is 5.41 Å². The number of carbonyl (C=O) groups is 2. The summed E-state index contributed by atoms with van der Waals surface area (Å²) < 4.78 is 0.478. The van der Waals surface area contributed by atoms with Crippen molar-refractivity contribution in [3.05, 3.63) is 0 Å². The summed E-state index contributed by atoms with van der Waals surface area (Å²) in [7, 11) is 0. The van der Waals surface area contributed by atoms with Crippen molar-refractivity contribution in [2.24, 2.45) is 5.41 Å². The summed E-state index contributed by atoms with van der Waals surface area (Å²) in [4.78, 5) is 24.0. The van der Waals surface area contributed by atoms with E-state index in [4.69, 9.17) is 0 Å². The van der Waals surface area contributed by atoms with Crippen LogP contribution in [0.2, 0.25) is 0 Å². The fraction of sp³-hybridized carbons (Fsp3) is 0.750. The van der Waals surface area contributed by atoms with E-state index in [9.17, 15) is 9.59 Å². The highest BCUT2D eigenvalue weighted by molar-refractivity contribution is 14.1. The second kappa shape index (κ2) is 3.32. The Labute approximate surface area is 85.6 Å². The van der Waals surface area contributed by atoms with Crippen LogP contribution in [0.15, 0.2) is 0 Å². The summed E-state index contributed by atoms with van der Waals surface area (Å²) in [6, 6.07) is 0. The highest BCUT2D eigenvalue weighted by atomic mass is 127. The second-order valence-corrected chi connectivity index (χ2v) is 4.54. The van der Waals surface area contributed by atoms with Gasteiger partial charge in [0, 0.05) is 12.8 Å². The first-order chi connectivity index (χ1) is 5.46. The molecule has 0 aliphatic carbocycles. The van der Waals surface area contributed by atoms with Crippen LogP contribution in [0.3, 0.4) is 0 Å². The minimum Gasteiger partial charge on any atom is -0.274 e. The first kappa shape index (κ1) is 9.95. The van der Waals surface area contributed by atoms with E-state index >= 15 is 0 Å². The van der Waals surface area contributed by atoms with Crippen molar-refractivity contribution in [1.29, 1.82) is 0 Å². The van der Waals surface area contributed by atoms with Crippen LogP contribution < -0.4 is 0 Å². The minimum absolute atomic E-state index is 0.0364. The van der Waals surface area contributed by atoms with Crippen molar-refractivity contribution >= 4 is 34.4 Å². The maximum Gasteiger partial charge on any atom is 0.230 e. The smallest absolute Gasteiger partial charge is 0.230 e. The Balaban J connectivity index is 2.77. The molecule has 1 rings (SSSR count). The number of amides is 2. The number of halogens is 1. The Bertz CT molecular complexity index is 205. The normalized spacial score (nSPS) is 23.1. The van der Waals surface area contributed by atoms with E-state index in [1.165, 1.54) is 4.90 Å². The predicted octanol–water partition coefficient (Wildman–Crippen LogP) is 1.55. The van der Waals surface area contributed by atoms with Gasteiger partial charge in [-0.3, -0.25) is 14.5 Å². The lowest BCUT2D eigenvalue weighted by molar-refractivity contribution is -0.150. The lowest BCUT2D eigenvalue weighted by Crippen LogP contribution is -2.45. The molecule has 0 spiro atoms. The van der Waals surface area contributed by atoms with Crippen molar-refractivity contribution in [1.82, 2.24) is 4.90 Å². The van der Waals surface area contributed by atoms with Gasteiger partial charge in [0.2, 0.25) is 11.8 Å². The predicted molar refractivity (Wildman–Crippen MR) is 53.8 cm³/mol. The van der Waals surface area contributed by atoms with Crippen LogP contribution in [0.25, 0.3) is 0 Å². The van der Waals surface area contributed by atoms with Gasteiger partial charge in [-0.25, -0.2) is 0 Å². The summed E-state index contributed by atoms with van der Waals surface area (Å²) >= 11 is 2.03. The third-order valence-electron chi connectivity index (χ3n) is 1.98. The average Bonchev–Trinajstić information content (AvgIpc) is 1.82. The Morgan fingerprint density at radius 2 is 1.75 bits per heavy atom. The van der Waals surface area contributed by atoms with Gasteiger partial charge in [0.25, 0.3) is 0 Å². The number of hydrogen-bond acceptors (Lipinski definition) is 2. The first-order valence-electron chi connectivity index (χ1n) is 3.85. The van der Waals surface area contributed by atoms with Gasteiger partial charge in [0.05, 0.1) is 4.55 Å². The van der Waals surface area contributed by atoms with E-state index in [-0.39, 0.29) is 17.2 Å². The quantitative estimate of drug-likeness (QED) is 0.316. The van der Waals surface area contributed by atoms with Crippen molar-refractivity contribution in [3.63, 3.8) is 0 Å². The highest BCUT2D eigenvalue weighted by Gasteiger charge is 2.36. The van der Waals surface area contributed by atoms with Crippen molar-refractivity contribution in [2.75, 3.05) is 4.55 Å². The summed E-state index contributed by atoms with van der Waals surface area (Å²) in [6.45, 7) is 3.90. The van der Waals surface area contributed by atoms with Crippen molar-refractivity contribution in [2.45, 2.75) is 26.7 Å². The molecule has 0 atom stereocenters. The average molecular weight is 281 g/mol. The van der Waals surface area contributed by atoms with Crippen LogP contribution in [0, 0.1) is 5.41 Å². The lowest BCUT2D eigenvalue weighted by Gasteiger charge is -2.33. The summed E-state index contributed by atoms with van der Waals surface area (Å²) in [5, 5.41) is 0. The molecule has 1 fully saturated rings. The molecule has 1 aliphatic heterocycles. The summed E-state index contributed by atoms with van der Waals surface area (Å²) in [6.07, 6.45) is 0.976. The molecule has 0 aromatic rings. The van der Waals surface area contributed by atoms with Gasteiger partial charge < -0.3 is 0 Å². The molecule has 0 bridgehead atoms. The van der Waals surface area contributed by atoms with Gasteiger partial charge in [0.1, 0.15) is 0 Å². The van der Waals surface area contributed by atoms with Crippen LogP contribution in [0.1, 0.15) is 26.7 Å². The standard InChI is InChI=1S/C8H12INO2/c1-8(2)3-6(11)10(5-9)7(12)4-8/h3-5H2,1-2H3. The molecule has 2 amide bonds. The van der Waals surface area contributed by atoms with Gasteiger partial charge >= 0.3 is 0 Å². The molecule has 12 heavy (non-hydrogen) atoms. The maximum absolute atomic E-state index is 11.4. The van der Waals surface area contributed by atoms with E-state index in [2.05, 4.69) is 0 Å². The number of likely N-dealkylation sites (tertiary alicyclic amines) is 1. The number of carbonyl (C=O) groups excluding carboxylic acids is 2. The summed E-state index contributed by atoms with van der Waals surface area (Å²) in [5.41, 5.74) is -0.142. The van der Waals surface area contributed by atoms with E-state index in [1.807, 2.05) is 36.4 Å². The third-order valence-corrected chi connectivity index (χ3v) is 2.66. The molecule has 1 aliphatic rings. The molecule has 0 saturated carbocycles. The van der Waals surface area contributed by atoms with Crippen LogP contribution in [0.4, 0.5) is 0 Å². The molecule has 1 heterocycles. The topological polar surface area (TPSA) is 37.4 Å². The van der Waals surface area contributed by atoms with Crippen LogP contribution >= 0.6 is 22.6 Å². The van der Waals surface area contributed by atoms with Gasteiger partial charge in [0.15, 0.2) is 0 Å². The molecule has 68 valence electrons. The second-order valence-electron chi connectivity index (χ2n) is 3.85. The van der Waals surface area contributed by atoms with Crippen LogP contribution in [-0.4, -0.2) is 21.3 Å². The Kier molecular flexibility index (Phi) is 2.75. The summed E-state index contributed by atoms with van der Waals surface area (Å²) in [5.74, 6) is -0.0729. The first-order valence-corrected chi connectivity index (χ1v) is 5.38. The SMILES string of the molecule is CC1(C)CC(=O)N(CI)C(=O)C1. The van der Waals surface area contributed by atoms with Crippen molar-refractivity contribution in [3.8, 4) is 0 Å². The molecular weight excluding hydrogens is 269 g/mol. The highest BCUT2D eigenvalue weighted by Crippen LogP contribution is 2.31. The Morgan fingerprint density at radius 3 is 2.08 bits per heavy atom. The minimum atomic E-state index is -0.142.